The van der Waals surface area contributed by atoms with Crippen molar-refractivity contribution in [2.45, 2.75) is 44.1 Å². The first-order chi connectivity index (χ1) is 16.0. The summed E-state index contributed by atoms with van der Waals surface area (Å²) in [4.78, 5) is 37.8. The molecule has 2 aromatic carbocycles. The van der Waals surface area contributed by atoms with E-state index >= 15 is 0 Å². The van der Waals surface area contributed by atoms with Crippen LogP contribution in [0.4, 0.5) is 4.79 Å². The topological polar surface area (TPSA) is 95.9 Å². The highest BCUT2D eigenvalue weighted by atomic mass is 16.5. The molecule has 0 heterocycles. The zero-order valence-corrected chi connectivity index (χ0v) is 18.8. The number of ether oxygens (including phenoxy) is 1. The quantitative estimate of drug-likeness (QED) is 0.633. The minimum atomic E-state index is -0.869. The smallest absolute Gasteiger partial charge is 0.407 e. The number of hydrogen-bond acceptors (Lipinski definition) is 4. The second kappa shape index (κ2) is 10.1. The molecule has 0 spiro atoms. The number of carboxylic acids is 1. The molecule has 7 heteroatoms. The number of nitrogens with zero attached hydrogens (tertiary/aromatic N) is 1. The van der Waals surface area contributed by atoms with Gasteiger partial charge in [0, 0.05) is 32.0 Å². The highest BCUT2D eigenvalue weighted by Gasteiger charge is 2.36. The Morgan fingerprint density at radius 1 is 1.03 bits per heavy atom. The third-order valence-electron chi connectivity index (χ3n) is 6.74. The molecule has 2 aliphatic rings. The molecule has 1 saturated carbocycles. The third-order valence-corrected chi connectivity index (χ3v) is 6.74. The van der Waals surface area contributed by atoms with Crippen LogP contribution in [0, 0.1) is 5.92 Å². The maximum atomic E-state index is 12.8. The lowest BCUT2D eigenvalue weighted by molar-refractivity contribution is -0.138. The van der Waals surface area contributed by atoms with E-state index in [4.69, 9.17) is 9.84 Å². The van der Waals surface area contributed by atoms with E-state index in [1.165, 1.54) is 11.1 Å². The number of fused-ring (bicyclic) bond motifs is 3. The predicted molar refractivity (Wildman–Crippen MR) is 124 cm³/mol. The molecule has 174 valence electrons. The number of carbonyl (C=O) groups is 3. The molecule has 33 heavy (non-hydrogen) atoms. The summed E-state index contributed by atoms with van der Waals surface area (Å²) in [5.41, 5.74) is 4.66. The first-order valence-electron chi connectivity index (χ1n) is 11.5. The van der Waals surface area contributed by atoms with E-state index in [2.05, 4.69) is 29.6 Å². The number of benzene rings is 2. The summed E-state index contributed by atoms with van der Waals surface area (Å²) in [6, 6.07) is 16.1. The summed E-state index contributed by atoms with van der Waals surface area (Å²) in [6.45, 7) is 0.625. The van der Waals surface area contributed by atoms with Crippen LogP contribution >= 0.6 is 0 Å². The van der Waals surface area contributed by atoms with Crippen LogP contribution in [0.5, 0.6) is 0 Å². The molecule has 0 saturated heterocycles. The van der Waals surface area contributed by atoms with Gasteiger partial charge in [-0.3, -0.25) is 9.59 Å². The van der Waals surface area contributed by atoms with Crippen molar-refractivity contribution in [3.05, 3.63) is 59.7 Å². The van der Waals surface area contributed by atoms with Crippen molar-refractivity contribution >= 4 is 18.0 Å². The minimum absolute atomic E-state index is 0.00970. The van der Waals surface area contributed by atoms with Gasteiger partial charge in [0.2, 0.25) is 5.91 Å². The maximum Gasteiger partial charge on any atom is 0.407 e. The standard InChI is InChI=1S/C26H30N2O5/c1-28(15-7-14-24(29)30)25(31)21-12-6-13-23(21)27-26(32)33-16-22-19-10-4-2-8-17(19)18-9-3-5-11-20(18)22/h2-5,8-11,21-23H,6-7,12-16H2,1H3,(H,27,32)(H,29,30). The second-order valence-electron chi connectivity index (χ2n) is 8.87. The number of hydrogen-bond donors (Lipinski definition) is 2. The minimum Gasteiger partial charge on any atom is -0.481 e. The van der Waals surface area contributed by atoms with Gasteiger partial charge in [0.15, 0.2) is 0 Å². The monoisotopic (exact) mass is 450 g/mol. The van der Waals surface area contributed by atoms with Gasteiger partial charge < -0.3 is 20.1 Å². The highest BCUT2D eigenvalue weighted by Crippen LogP contribution is 2.44. The van der Waals surface area contributed by atoms with E-state index in [0.717, 1.165) is 24.0 Å². The molecule has 2 N–H and O–H groups in total. The molecule has 0 radical (unpaired) electrons. The van der Waals surface area contributed by atoms with Crippen molar-refractivity contribution < 1.29 is 24.2 Å². The molecule has 0 bridgehead atoms. The Labute approximate surface area is 193 Å². The number of amides is 2. The fraction of sp³-hybridized carbons (Fsp3) is 0.423. The Bertz CT molecular complexity index is 991. The van der Waals surface area contributed by atoms with Crippen molar-refractivity contribution in [2.24, 2.45) is 5.92 Å². The number of carboxylic acid groups (broad SMARTS) is 1. The average molecular weight is 451 g/mol. The molecule has 2 aliphatic carbocycles. The van der Waals surface area contributed by atoms with Gasteiger partial charge in [-0.15, -0.1) is 0 Å². The molecule has 7 nitrogen and oxygen atoms in total. The first kappa shape index (κ1) is 22.8. The second-order valence-corrected chi connectivity index (χ2v) is 8.87. The summed E-state index contributed by atoms with van der Waals surface area (Å²) in [5, 5.41) is 11.7. The number of carbonyl (C=O) groups excluding carboxylic acids is 2. The molecule has 1 fully saturated rings. The number of nitrogens with one attached hydrogen (secondary N) is 1. The Balaban J connectivity index is 1.33. The van der Waals surface area contributed by atoms with E-state index < -0.39 is 12.1 Å². The van der Waals surface area contributed by atoms with Crippen LogP contribution in [0.15, 0.2) is 48.5 Å². The van der Waals surface area contributed by atoms with Crippen molar-refractivity contribution in [2.75, 3.05) is 20.2 Å². The molecule has 0 aromatic heterocycles. The maximum absolute atomic E-state index is 12.8. The van der Waals surface area contributed by atoms with Crippen LogP contribution in [0.25, 0.3) is 11.1 Å². The zero-order valence-electron chi connectivity index (χ0n) is 18.8. The Morgan fingerprint density at radius 3 is 2.30 bits per heavy atom. The fourth-order valence-electron chi connectivity index (χ4n) is 5.08. The molecule has 0 aliphatic heterocycles. The van der Waals surface area contributed by atoms with Crippen LogP contribution in [0.3, 0.4) is 0 Å². The molecular weight excluding hydrogens is 420 g/mol. The Morgan fingerprint density at radius 2 is 1.67 bits per heavy atom. The largest absolute Gasteiger partial charge is 0.481 e. The first-order valence-corrected chi connectivity index (χ1v) is 11.5. The Kier molecular flexibility index (Phi) is 6.96. The molecule has 4 rings (SSSR count). The van der Waals surface area contributed by atoms with Crippen LogP contribution in [-0.2, 0) is 14.3 Å². The van der Waals surface area contributed by atoms with Gasteiger partial charge in [-0.1, -0.05) is 55.0 Å². The van der Waals surface area contributed by atoms with Gasteiger partial charge in [0.25, 0.3) is 0 Å². The summed E-state index contributed by atoms with van der Waals surface area (Å²) in [5.74, 6) is -1.24. The molecule has 2 amide bonds. The van der Waals surface area contributed by atoms with Crippen molar-refractivity contribution in [1.82, 2.24) is 10.2 Å². The molecule has 2 aromatic rings. The lowest BCUT2D eigenvalue weighted by atomic mass is 9.98. The van der Waals surface area contributed by atoms with Crippen LogP contribution in [-0.4, -0.2) is 54.2 Å². The van der Waals surface area contributed by atoms with Crippen LogP contribution < -0.4 is 5.32 Å². The highest BCUT2D eigenvalue weighted by molar-refractivity contribution is 5.81. The summed E-state index contributed by atoms with van der Waals surface area (Å²) in [7, 11) is 1.69. The van der Waals surface area contributed by atoms with E-state index in [9.17, 15) is 14.4 Å². The van der Waals surface area contributed by atoms with Gasteiger partial charge in [-0.05, 0) is 41.5 Å². The number of alkyl carbamates (subject to hydrolysis) is 1. The van der Waals surface area contributed by atoms with E-state index in [1.807, 2.05) is 24.3 Å². The number of rotatable bonds is 8. The predicted octanol–water partition coefficient (Wildman–Crippen LogP) is 4.02. The fourth-order valence-corrected chi connectivity index (χ4v) is 5.08. The van der Waals surface area contributed by atoms with E-state index in [1.54, 1.807) is 11.9 Å². The summed E-state index contributed by atoms with van der Waals surface area (Å²) >= 11 is 0. The van der Waals surface area contributed by atoms with Gasteiger partial charge in [0.05, 0.1) is 5.92 Å². The van der Waals surface area contributed by atoms with Gasteiger partial charge in [0.1, 0.15) is 6.61 Å². The van der Waals surface area contributed by atoms with Gasteiger partial charge in [-0.2, -0.15) is 0 Å². The van der Waals surface area contributed by atoms with Gasteiger partial charge >= 0.3 is 12.1 Å². The summed E-state index contributed by atoms with van der Waals surface area (Å²) < 4.78 is 5.64. The number of aliphatic carboxylic acids is 1. The molecular formula is C26H30N2O5. The molecule has 2 unspecified atom stereocenters. The van der Waals surface area contributed by atoms with Crippen molar-refractivity contribution in [3.8, 4) is 11.1 Å². The zero-order chi connectivity index (χ0) is 23.4. The third kappa shape index (κ3) is 5.02. The Hall–Kier alpha value is -3.35. The lowest BCUT2D eigenvalue weighted by Gasteiger charge is -2.25. The van der Waals surface area contributed by atoms with Crippen molar-refractivity contribution in [3.63, 3.8) is 0 Å². The summed E-state index contributed by atoms with van der Waals surface area (Å²) in [6.07, 6.45) is 2.22. The van der Waals surface area contributed by atoms with Gasteiger partial charge in [-0.25, -0.2) is 4.79 Å². The average Bonchev–Trinajstić information content (AvgIpc) is 3.39. The van der Waals surface area contributed by atoms with E-state index in [0.29, 0.717) is 19.4 Å². The van der Waals surface area contributed by atoms with Crippen molar-refractivity contribution in [1.29, 1.82) is 0 Å². The lowest BCUT2D eigenvalue weighted by Crippen LogP contribution is -2.45. The SMILES string of the molecule is CN(CCCC(=O)O)C(=O)C1CCCC1NC(=O)OCC1c2ccccc2-c2ccccc21. The molecule has 2 atom stereocenters. The normalized spacial score (nSPS) is 18.9. The van der Waals surface area contributed by atoms with Crippen LogP contribution in [0.2, 0.25) is 0 Å². The van der Waals surface area contributed by atoms with Crippen LogP contribution in [0.1, 0.15) is 49.1 Å². The van der Waals surface area contributed by atoms with E-state index in [-0.39, 0.29) is 36.8 Å².